The maximum atomic E-state index is 11.4. The van der Waals surface area contributed by atoms with Gasteiger partial charge in [-0.15, -0.1) is 11.3 Å². The van der Waals surface area contributed by atoms with Crippen molar-refractivity contribution in [1.29, 1.82) is 0 Å². The minimum Gasteiger partial charge on any atom is -0.460 e. The highest BCUT2D eigenvalue weighted by molar-refractivity contribution is 7.16. The van der Waals surface area contributed by atoms with Crippen molar-refractivity contribution < 1.29 is 14.3 Å². The smallest absolute Gasteiger partial charge is 0.379 e. The number of Topliss-reactive ketones (excluding diaryl/α,β-unsaturated/α-hetero) is 1. The summed E-state index contributed by atoms with van der Waals surface area (Å²) in [5.41, 5.74) is 0.332. The molecule has 0 spiro atoms. The fraction of sp³-hybridized carbons (Fsp3) is 0.333. The van der Waals surface area contributed by atoms with E-state index in [9.17, 15) is 9.59 Å². The van der Waals surface area contributed by atoms with Gasteiger partial charge in [0.05, 0.1) is 10.9 Å². The first-order chi connectivity index (χ1) is 6.56. The average Bonchev–Trinajstić information content (AvgIpc) is 2.44. The van der Waals surface area contributed by atoms with E-state index in [1.165, 1.54) is 17.4 Å². The summed E-state index contributed by atoms with van der Waals surface area (Å²) in [5.74, 6) is -1.46. The van der Waals surface area contributed by atoms with Crippen LogP contribution in [0.15, 0.2) is 6.07 Å². The van der Waals surface area contributed by atoms with Crippen LogP contribution >= 0.6 is 22.9 Å². The number of aryl methyl sites for hydroxylation is 1. The molecule has 3 nitrogen and oxygen atoms in total. The molecule has 5 heteroatoms. The second-order valence-electron chi connectivity index (χ2n) is 2.57. The Hall–Kier alpha value is -0.870. The minimum atomic E-state index is -0.829. The Bertz CT molecular complexity index is 370. The van der Waals surface area contributed by atoms with Gasteiger partial charge in [-0.2, -0.15) is 0 Å². The van der Waals surface area contributed by atoms with Gasteiger partial charge in [-0.1, -0.05) is 11.6 Å². The highest BCUT2D eigenvalue weighted by Gasteiger charge is 2.21. The average molecular weight is 233 g/mol. The van der Waals surface area contributed by atoms with Gasteiger partial charge < -0.3 is 4.74 Å². The molecule has 0 bridgehead atoms. The maximum absolute atomic E-state index is 11.4. The second kappa shape index (κ2) is 4.57. The van der Waals surface area contributed by atoms with Crippen LogP contribution in [0.2, 0.25) is 4.34 Å². The van der Waals surface area contributed by atoms with Crippen molar-refractivity contribution >= 4 is 34.7 Å². The summed E-state index contributed by atoms with van der Waals surface area (Å²) in [5, 5.41) is 0. The van der Waals surface area contributed by atoms with E-state index in [0.717, 1.165) is 4.88 Å². The number of rotatable bonds is 3. The lowest BCUT2D eigenvalue weighted by Gasteiger charge is -1.99. The fourth-order valence-electron chi connectivity index (χ4n) is 0.978. The molecule has 0 saturated carbocycles. The monoisotopic (exact) mass is 232 g/mol. The van der Waals surface area contributed by atoms with Gasteiger partial charge in [0.2, 0.25) is 0 Å². The third-order valence-electron chi connectivity index (χ3n) is 1.59. The molecule has 0 fully saturated rings. The van der Waals surface area contributed by atoms with Crippen LogP contribution in [0, 0.1) is 6.92 Å². The summed E-state index contributed by atoms with van der Waals surface area (Å²) in [6.45, 7) is 3.59. The van der Waals surface area contributed by atoms with Gasteiger partial charge in [0, 0.05) is 10.4 Å². The molecule has 0 atom stereocenters. The van der Waals surface area contributed by atoms with Crippen LogP contribution < -0.4 is 0 Å². The Morgan fingerprint density at radius 1 is 1.57 bits per heavy atom. The van der Waals surface area contributed by atoms with Crippen LogP contribution in [-0.4, -0.2) is 18.4 Å². The summed E-state index contributed by atoms with van der Waals surface area (Å²) in [6, 6.07) is 1.49. The Balaban J connectivity index is 2.89. The predicted molar refractivity (Wildman–Crippen MR) is 55.0 cm³/mol. The van der Waals surface area contributed by atoms with Crippen molar-refractivity contribution in [1.82, 2.24) is 0 Å². The normalized spacial score (nSPS) is 9.93. The van der Waals surface area contributed by atoms with E-state index < -0.39 is 11.8 Å². The van der Waals surface area contributed by atoms with Gasteiger partial charge in [0.25, 0.3) is 5.78 Å². The summed E-state index contributed by atoms with van der Waals surface area (Å²) >= 11 is 6.98. The molecular formula is C9H9ClO3S. The highest BCUT2D eigenvalue weighted by Crippen LogP contribution is 2.26. The first-order valence-corrected chi connectivity index (χ1v) is 5.23. The van der Waals surface area contributed by atoms with Crippen LogP contribution in [-0.2, 0) is 9.53 Å². The lowest BCUT2D eigenvalue weighted by atomic mass is 10.2. The van der Waals surface area contributed by atoms with E-state index in [1.807, 2.05) is 0 Å². The number of carbonyl (C=O) groups excluding carboxylic acids is 2. The molecule has 0 saturated heterocycles. The Morgan fingerprint density at radius 3 is 2.64 bits per heavy atom. The van der Waals surface area contributed by atoms with Gasteiger partial charge in [-0.05, 0) is 19.9 Å². The number of halogens is 1. The molecule has 0 aliphatic heterocycles. The largest absolute Gasteiger partial charge is 0.460 e. The van der Waals surface area contributed by atoms with Crippen LogP contribution in [0.25, 0.3) is 0 Å². The number of carbonyl (C=O) groups is 2. The van der Waals surface area contributed by atoms with E-state index in [0.29, 0.717) is 9.90 Å². The molecule has 0 amide bonds. The van der Waals surface area contributed by atoms with Crippen LogP contribution in [0.5, 0.6) is 0 Å². The van der Waals surface area contributed by atoms with Crippen molar-refractivity contribution in [2.24, 2.45) is 0 Å². The zero-order valence-electron chi connectivity index (χ0n) is 7.80. The molecule has 1 heterocycles. The summed E-state index contributed by atoms with van der Waals surface area (Å²) in [6.07, 6.45) is 0. The third-order valence-corrected chi connectivity index (χ3v) is 2.77. The van der Waals surface area contributed by atoms with Gasteiger partial charge in [-0.25, -0.2) is 4.79 Å². The zero-order valence-corrected chi connectivity index (χ0v) is 9.37. The minimum absolute atomic E-state index is 0.196. The van der Waals surface area contributed by atoms with Crippen molar-refractivity contribution in [3.8, 4) is 0 Å². The SMILES string of the molecule is CCOC(=O)C(=O)c1cc(Cl)sc1C. The number of esters is 1. The van der Waals surface area contributed by atoms with E-state index in [2.05, 4.69) is 4.74 Å². The van der Waals surface area contributed by atoms with Crippen LogP contribution in [0.3, 0.4) is 0 Å². The molecule has 1 aromatic heterocycles. The predicted octanol–water partition coefficient (Wildman–Crippen LogP) is 2.46. The molecule has 14 heavy (non-hydrogen) atoms. The van der Waals surface area contributed by atoms with Crippen molar-refractivity contribution in [3.05, 3.63) is 20.8 Å². The number of hydrogen-bond donors (Lipinski definition) is 0. The lowest BCUT2D eigenvalue weighted by Crippen LogP contribution is -2.17. The van der Waals surface area contributed by atoms with Gasteiger partial charge in [0.15, 0.2) is 0 Å². The molecule has 0 aromatic carbocycles. The van der Waals surface area contributed by atoms with E-state index in [1.54, 1.807) is 13.8 Å². The van der Waals surface area contributed by atoms with E-state index in [-0.39, 0.29) is 6.61 Å². The number of thiophene rings is 1. The topological polar surface area (TPSA) is 43.4 Å². The number of hydrogen-bond acceptors (Lipinski definition) is 4. The molecule has 0 radical (unpaired) electrons. The molecule has 76 valence electrons. The summed E-state index contributed by atoms with van der Waals surface area (Å²) < 4.78 is 5.09. The van der Waals surface area contributed by atoms with Crippen LogP contribution in [0.1, 0.15) is 22.2 Å². The molecule has 0 aliphatic carbocycles. The maximum Gasteiger partial charge on any atom is 0.379 e. The number of ketones is 1. The van der Waals surface area contributed by atoms with E-state index in [4.69, 9.17) is 11.6 Å². The summed E-state index contributed by atoms with van der Waals surface area (Å²) in [7, 11) is 0. The standard InChI is InChI=1S/C9H9ClO3S/c1-3-13-9(12)8(11)6-4-7(10)14-5(6)2/h4H,3H2,1-2H3. The summed E-state index contributed by atoms with van der Waals surface area (Å²) in [4.78, 5) is 23.3. The van der Waals surface area contributed by atoms with Gasteiger partial charge in [-0.3, -0.25) is 4.79 Å². The third kappa shape index (κ3) is 2.33. The quantitative estimate of drug-likeness (QED) is 0.457. The zero-order chi connectivity index (χ0) is 10.7. The van der Waals surface area contributed by atoms with Gasteiger partial charge >= 0.3 is 5.97 Å². The van der Waals surface area contributed by atoms with Crippen LogP contribution in [0.4, 0.5) is 0 Å². The van der Waals surface area contributed by atoms with Crippen molar-refractivity contribution in [2.75, 3.05) is 6.61 Å². The lowest BCUT2D eigenvalue weighted by molar-refractivity contribution is -0.137. The molecule has 0 unspecified atom stereocenters. The Morgan fingerprint density at radius 2 is 2.21 bits per heavy atom. The molecule has 0 aliphatic rings. The van der Waals surface area contributed by atoms with Crippen molar-refractivity contribution in [2.45, 2.75) is 13.8 Å². The molecular weight excluding hydrogens is 224 g/mol. The highest BCUT2D eigenvalue weighted by atomic mass is 35.5. The first kappa shape index (κ1) is 11.2. The first-order valence-electron chi connectivity index (χ1n) is 4.03. The van der Waals surface area contributed by atoms with Gasteiger partial charge in [0.1, 0.15) is 0 Å². The fourth-order valence-corrected chi connectivity index (χ4v) is 2.16. The molecule has 1 aromatic rings. The Kier molecular flexibility index (Phi) is 3.66. The Labute approximate surface area is 90.6 Å². The number of ether oxygens (including phenoxy) is 1. The van der Waals surface area contributed by atoms with Crippen molar-refractivity contribution in [3.63, 3.8) is 0 Å². The molecule has 0 N–H and O–H groups in total. The second-order valence-corrected chi connectivity index (χ2v) is 4.46. The van der Waals surface area contributed by atoms with E-state index >= 15 is 0 Å². The molecule has 1 rings (SSSR count).